The van der Waals surface area contributed by atoms with E-state index in [4.69, 9.17) is 0 Å². The fraction of sp³-hybridized carbons (Fsp3) is 0.412. The lowest BCUT2D eigenvalue weighted by atomic mass is 10.1. The molecule has 0 aliphatic heterocycles. The van der Waals surface area contributed by atoms with E-state index in [0.717, 1.165) is 18.4 Å². The van der Waals surface area contributed by atoms with Crippen LogP contribution in [0.15, 0.2) is 48.8 Å². The zero-order chi connectivity index (χ0) is 15.3. The first-order chi connectivity index (χ1) is 10.1. The third kappa shape index (κ3) is 3.91. The van der Waals surface area contributed by atoms with Crippen molar-refractivity contribution in [2.45, 2.75) is 38.3 Å². The van der Waals surface area contributed by atoms with E-state index in [1.165, 1.54) is 12.1 Å². The minimum absolute atomic E-state index is 0.0546. The maximum atomic E-state index is 14.2. The molecular formula is C17H22F2N2. The summed E-state index contributed by atoms with van der Waals surface area (Å²) >= 11 is 0. The highest BCUT2D eigenvalue weighted by Crippen LogP contribution is 2.30. The van der Waals surface area contributed by atoms with Crippen LogP contribution in [-0.4, -0.2) is 11.6 Å². The van der Waals surface area contributed by atoms with Gasteiger partial charge in [-0.3, -0.25) is 0 Å². The van der Waals surface area contributed by atoms with Gasteiger partial charge in [0.1, 0.15) is 0 Å². The van der Waals surface area contributed by atoms with E-state index in [0.29, 0.717) is 0 Å². The van der Waals surface area contributed by atoms with E-state index < -0.39 is 5.92 Å². The van der Waals surface area contributed by atoms with Crippen LogP contribution in [0.2, 0.25) is 0 Å². The number of alkyl halides is 2. The molecule has 114 valence electrons. The molecule has 0 saturated carbocycles. The minimum Gasteiger partial charge on any atom is -0.348 e. The normalized spacial score (nSPS) is 13.3. The maximum absolute atomic E-state index is 14.2. The second kappa shape index (κ2) is 6.85. The van der Waals surface area contributed by atoms with Crippen LogP contribution in [-0.2, 0) is 12.5 Å². The molecule has 0 radical (unpaired) electrons. The largest absolute Gasteiger partial charge is 0.348 e. The summed E-state index contributed by atoms with van der Waals surface area (Å²) in [6.45, 7) is 1.78. The molecule has 0 spiro atoms. The van der Waals surface area contributed by atoms with Crippen molar-refractivity contribution in [1.82, 2.24) is 9.88 Å². The molecule has 0 aliphatic carbocycles. The Bertz CT molecular complexity index is 549. The fourth-order valence-electron chi connectivity index (χ4n) is 2.53. The molecule has 2 nitrogen and oxygen atoms in total. The van der Waals surface area contributed by atoms with E-state index in [1.54, 1.807) is 29.0 Å². The number of hydrogen-bond acceptors (Lipinski definition) is 1. The first-order valence-electron chi connectivity index (χ1n) is 7.33. The van der Waals surface area contributed by atoms with Gasteiger partial charge in [0.05, 0.1) is 6.54 Å². The van der Waals surface area contributed by atoms with Crippen LogP contribution in [0, 0.1) is 0 Å². The summed E-state index contributed by atoms with van der Waals surface area (Å²) in [6.07, 6.45) is 5.59. The molecule has 0 saturated heterocycles. The zero-order valence-corrected chi connectivity index (χ0v) is 12.5. The Balaban J connectivity index is 2.12. The van der Waals surface area contributed by atoms with E-state index >= 15 is 0 Å². The molecule has 2 rings (SSSR count). The van der Waals surface area contributed by atoms with Gasteiger partial charge in [0, 0.05) is 24.0 Å². The second-order valence-corrected chi connectivity index (χ2v) is 5.32. The average Bonchev–Trinajstić information content (AvgIpc) is 2.93. The van der Waals surface area contributed by atoms with Crippen molar-refractivity contribution in [2.24, 2.45) is 0 Å². The Labute approximate surface area is 124 Å². The van der Waals surface area contributed by atoms with Crippen LogP contribution in [0.25, 0.3) is 0 Å². The molecular weight excluding hydrogens is 270 g/mol. The van der Waals surface area contributed by atoms with Crippen LogP contribution in [0.1, 0.15) is 36.9 Å². The summed E-state index contributed by atoms with van der Waals surface area (Å²) in [6, 6.07) is 10.1. The van der Waals surface area contributed by atoms with Gasteiger partial charge in [-0.15, -0.1) is 0 Å². The van der Waals surface area contributed by atoms with Gasteiger partial charge in [0.2, 0.25) is 0 Å². The summed E-state index contributed by atoms with van der Waals surface area (Å²) in [5.41, 5.74) is 1.11. The molecule has 2 aromatic rings. The van der Waals surface area contributed by atoms with Gasteiger partial charge < -0.3 is 9.88 Å². The van der Waals surface area contributed by atoms with Gasteiger partial charge in [-0.05, 0) is 25.1 Å². The van der Waals surface area contributed by atoms with Crippen molar-refractivity contribution >= 4 is 0 Å². The first kappa shape index (κ1) is 15.7. The van der Waals surface area contributed by atoms with Crippen molar-refractivity contribution in [2.75, 3.05) is 7.05 Å². The lowest BCUT2D eigenvalue weighted by Gasteiger charge is -2.18. The second-order valence-electron chi connectivity index (χ2n) is 5.32. The van der Waals surface area contributed by atoms with Gasteiger partial charge >= 0.3 is 0 Å². The minimum atomic E-state index is -2.86. The molecule has 0 amide bonds. The zero-order valence-electron chi connectivity index (χ0n) is 12.5. The number of hydrogen-bond donors (Lipinski definition) is 1. The smallest absolute Gasteiger partial charge is 0.290 e. The summed E-state index contributed by atoms with van der Waals surface area (Å²) in [5.74, 6) is -2.86. The Hall–Kier alpha value is -1.68. The van der Waals surface area contributed by atoms with Crippen LogP contribution in [0.3, 0.4) is 0 Å². The average molecular weight is 292 g/mol. The third-order valence-corrected chi connectivity index (χ3v) is 3.68. The monoisotopic (exact) mass is 292 g/mol. The molecule has 1 N–H and O–H groups in total. The topological polar surface area (TPSA) is 17.0 Å². The van der Waals surface area contributed by atoms with Crippen molar-refractivity contribution < 1.29 is 8.78 Å². The Morgan fingerprint density at radius 1 is 1.19 bits per heavy atom. The predicted octanol–water partition coefficient (Wildman–Crippen LogP) is 4.34. The van der Waals surface area contributed by atoms with E-state index in [-0.39, 0.29) is 18.2 Å². The van der Waals surface area contributed by atoms with E-state index in [2.05, 4.69) is 12.2 Å². The van der Waals surface area contributed by atoms with Gasteiger partial charge in [-0.2, -0.15) is 8.78 Å². The molecule has 0 fully saturated rings. The SMILES string of the molecule is CCCC(NC)c1ccn(CC(F)(F)c2ccccc2)c1. The van der Waals surface area contributed by atoms with Crippen LogP contribution in [0.5, 0.6) is 0 Å². The summed E-state index contributed by atoms with van der Waals surface area (Å²) in [7, 11) is 1.90. The van der Waals surface area contributed by atoms with E-state index in [1.807, 2.05) is 19.3 Å². The van der Waals surface area contributed by atoms with Gasteiger partial charge in [0.25, 0.3) is 5.92 Å². The Morgan fingerprint density at radius 3 is 2.52 bits per heavy atom. The third-order valence-electron chi connectivity index (χ3n) is 3.68. The summed E-state index contributed by atoms with van der Waals surface area (Å²) in [4.78, 5) is 0. The molecule has 1 aromatic heterocycles. The highest BCUT2D eigenvalue weighted by atomic mass is 19.3. The number of benzene rings is 1. The highest BCUT2D eigenvalue weighted by Gasteiger charge is 2.31. The van der Waals surface area contributed by atoms with E-state index in [9.17, 15) is 8.78 Å². The lowest BCUT2D eigenvalue weighted by Crippen LogP contribution is -2.21. The quantitative estimate of drug-likeness (QED) is 0.803. The Kier molecular flexibility index (Phi) is 5.12. The number of nitrogens with zero attached hydrogens (tertiary/aromatic N) is 1. The van der Waals surface area contributed by atoms with Gasteiger partial charge in [0.15, 0.2) is 0 Å². The van der Waals surface area contributed by atoms with Crippen molar-refractivity contribution in [3.05, 3.63) is 59.9 Å². The van der Waals surface area contributed by atoms with Crippen LogP contribution in [0.4, 0.5) is 8.78 Å². The Morgan fingerprint density at radius 2 is 1.90 bits per heavy atom. The highest BCUT2D eigenvalue weighted by molar-refractivity contribution is 5.21. The van der Waals surface area contributed by atoms with Crippen molar-refractivity contribution in [1.29, 1.82) is 0 Å². The molecule has 0 aliphatic rings. The molecule has 21 heavy (non-hydrogen) atoms. The molecule has 0 bridgehead atoms. The molecule has 1 aromatic carbocycles. The van der Waals surface area contributed by atoms with Crippen LogP contribution < -0.4 is 5.32 Å². The van der Waals surface area contributed by atoms with Gasteiger partial charge in [-0.25, -0.2) is 0 Å². The van der Waals surface area contributed by atoms with Crippen molar-refractivity contribution in [3.63, 3.8) is 0 Å². The molecule has 1 atom stereocenters. The maximum Gasteiger partial charge on any atom is 0.290 e. The molecule has 1 heterocycles. The van der Waals surface area contributed by atoms with Gasteiger partial charge in [-0.1, -0.05) is 43.7 Å². The number of aromatic nitrogens is 1. The first-order valence-corrected chi connectivity index (χ1v) is 7.33. The number of rotatable bonds is 7. The predicted molar refractivity (Wildman–Crippen MR) is 81.5 cm³/mol. The lowest BCUT2D eigenvalue weighted by molar-refractivity contribution is -0.0221. The van der Waals surface area contributed by atoms with Crippen LogP contribution >= 0.6 is 0 Å². The molecule has 1 unspecified atom stereocenters. The number of halogens is 2. The molecule has 4 heteroatoms. The number of nitrogens with one attached hydrogen (secondary N) is 1. The summed E-state index contributed by atoms with van der Waals surface area (Å²) in [5, 5.41) is 3.23. The fourth-order valence-corrected chi connectivity index (χ4v) is 2.53. The van der Waals surface area contributed by atoms with Crippen molar-refractivity contribution in [3.8, 4) is 0 Å². The summed E-state index contributed by atoms with van der Waals surface area (Å²) < 4.78 is 30.1. The standard InChI is InChI=1S/C17H22F2N2/c1-3-7-16(20-2)14-10-11-21(12-14)13-17(18,19)15-8-5-4-6-9-15/h4-6,8-12,16,20H,3,7,13H2,1-2H3.